The van der Waals surface area contributed by atoms with E-state index >= 15 is 0 Å². The van der Waals surface area contributed by atoms with E-state index in [-0.39, 0.29) is 11.7 Å². The van der Waals surface area contributed by atoms with Gasteiger partial charge in [0.1, 0.15) is 12.1 Å². The van der Waals surface area contributed by atoms with Crippen molar-refractivity contribution in [2.75, 3.05) is 6.26 Å². The quantitative estimate of drug-likeness (QED) is 0.578. The van der Waals surface area contributed by atoms with E-state index in [0.717, 1.165) is 17.3 Å². The molecule has 0 aliphatic rings. The third-order valence-electron chi connectivity index (χ3n) is 3.58. The maximum Gasteiger partial charge on any atom is 0.228 e. The molecule has 0 aliphatic heterocycles. The van der Waals surface area contributed by atoms with E-state index in [1.807, 2.05) is 42.5 Å². The molecular formula is C16H13N3O3S. The molecule has 4 rings (SSSR count). The Bertz CT molecular complexity index is 1090. The van der Waals surface area contributed by atoms with Gasteiger partial charge in [-0.3, -0.25) is 0 Å². The highest BCUT2D eigenvalue weighted by molar-refractivity contribution is 7.90. The van der Waals surface area contributed by atoms with Crippen molar-refractivity contribution in [2.45, 2.75) is 11.7 Å². The third kappa shape index (κ3) is 2.39. The number of nitrogens with zero attached hydrogens (tertiary/aromatic N) is 3. The van der Waals surface area contributed by atoms with Crippen LogP contribution in [0.2, 0.25) is 0 Å². The summed E-state index contributed by atoms with van der Waals surface area (Å²) >= 11 is 0. The zero-order valence-electron chi connectivity index (χ0n) is 12.3. The number of oxazole rings is 1. The molecule has 2 aromatic carbocycles. The molecule has 7 heteroatoms. The van der Waals surface area contributed by atoms with Crippen LogP contribution in [0.15, 0.2) is 58.1 Å². The topological polar surface area (TPSA) is 78.0 Å². The van der Waals surface area contributed by atoms with Crippen molar-refractivity contribution in [2.24, 2.45) is 0 Å². The first-order chi connectivity index (χ1) is 11.0. The molecule has 0 aliphatic carbocycles. The maximum atomic E-state index is 12.1. The van der Waals surface area contributed by atoms with Crippen LogP contribution < -0.4 is 0 Å². The number of rotatable bonds is 3. The smallest absolute Gasteiger partial charge is 0.228 e. The van der Waals surface area contributed by atoms with E-state index in [9.17, 15) is 8.42 Å². The summed E-state index contributed by atoms with van der Waals surface area (Å²) in [6.07, 6.45) is 1.15. The second-order valence-corrected chi connectivity index (χ2v) is 7.23. The molecule has 2 aromatic heterocycles. The number of para-hydroxylation sites is 4. The summed E-state index contributed by atoms with van der Waals surface area (Å²) in [5.41, 5.74) is 2.78. The molecule has 2 heterocycles. The number of aromatic nitrogens is 3. The molecular weight excluding hydrogens is 314 g/mol. The Balaban J connectivity index is 1.90. The number of benzene rings is 2. The summed E-state index contributed by atoms with van der Waals surface area (Å²) in [4.78, 5) is 8.65. The average Bonchev–Trinajstić information content (AvgIpc) is 3.08. The van der Waals surface area contributed by atoms with E-state index in [0.29, 0.717) is 17.0 Å². The highest BCUT2D eigenvalue weighted by atomic mass is 32.2. The van der Waals surface area contributed by atoms with Gasteiger partial charge in [-0.05, 0) is 24.3 Å². The van der Waals surface area contributed by atoms with Crippen molar-refractivity contribution >= 4 is 32.0 Å². The van der Waals surface area contributed by atoms with E-state index in [4.69, 9.17) is 4.42 Å². The highest BCUT2D eigenvalue weighted by Gasteiger charge is 2.20. The minimum absolute atomic E-state index is 0.0148. The Morgan fingerprint density at radius 2 is 1.70 bits per heavy atom. The second-order valence-electron chi connectivity index (χ2n) is 5.32. The third-order valence-corrected chi connectivity index (χ3v) is 4.56. The van der Waals surface area contributed by atoms with Crippen molar-refractivity contribution in [3.05, 3.63) is 54.4 Å². The minimum atomic E-state index is -3.46. The predicted molar refractivity (Wildman–Crippen MR) is 86.0 cm³/mol. The van der Waals surface area contributed by atoms with Crippen molar-refractivity contribution in [1.29, 1.82) is 0 Å². The Labute approximate surface area is 132 Å². The molecule has 0 N–H and O–H groups in total. The predicted octanol–water partition coefficient (Wildman–Crippen LogP) is 2.63. The van der Waals surface area contributed by atoms with Crippen molar-refractivity contribution in [3.63, 3.8) is 0 Å². The van der Waals surface area contributed by atoms with Gasteiger partial charge in [-0.2, -0.15) is 0 Å². The summed E-state index contributed by atoms with van der Waals surface area (Å²) in [5, 5.41) is 0.0148. The molecule has 0 atom stereocenters. The molecule has 23 heavy (non-hydrogen) atoms. The van der Waals surface area contributed by atoms with Gasteiger partial charge in [0.25, 0.3) is 0 Å². The van der Waals surface area contributed by atoms with Crippen molar-refractivity contribution < 1.29 is 12.8 Å². The summed E-state index contributed by atoms with van der Waals surface area (Å²) in [6.45, 7) is 0.206. The Kier molecular flexibility index (Phi) is 2.99. The van der Waals surface area contributed by atoms with E-state index in [1.54, 1.807) is 10.6 Å². The molecule has 0 amide bonds. The fraction of sp³-hybridized carbons (Fsp3) is 0.125. The van der Waals surface area contributed by atoms with Crippen LogP contribution in [-0.4, -0.2) is 29.2 Å². The second kappa shape index (κ2) is 4.92. The van der Waals surface area contributed by atoms with Gasteiger partial charge in [0, 0.05) is 6.26 Å². The monoisotopic (exact) mass is 327 g/mol. The van der Waals surface area contributed by atoms with Gasteiger partial charge >= 0.3 is 0 Å². The molecule has 116 valence electrons. The SMILES string of the molecule is CS(=O)(=O)c1nc2ccccc2n1Cc1nc2ccccc2o1. The Hall–Kier alpha value is -2.67. The summed E-state index contributed by atoms with van der Waals surface area (Å²) in [7, 11) is -3.46. The average molecular weight is 327 g/mol. The van der Waals surface area contributed by atoms with Crippen LogP contribution in [0, 0.1) is 0 Å². The fourth-order valence-corrected chi connectivity index (χ4v) is 3.44. The van der Waals surface area contributed by atoms with Crippen LogP contribution in [0.4, 0.5) is 0 Å². The van der Waals surface area contributed by atoms with Crippen molar-refractivity contribution in [1.82, 2.24) is 14.5 Å². The first kappa shape index (κ1) is 14.0. The molecule has 0 saturated carbocycles. The molecule has 0 saturated heterocycles. The van der Waals surface area contributed by atoms with E-state index in [1.165, 1.54) is 0 Å². The lowest BCUT2D eigenvalue weighted by atomic mass is 10.3. The lowest BCUT2D eigenvalue weighted by Gasteiger charge is -2.04. The standard InChI is InChI=1S/C16H13N3O3S/c1-23(20,21)16-18-11-6-2-4-8-13(11)19(16)10-15-17-12-7-3-5-9-14(12)22-15/h2-9H,10H2,1H3. The van der Waals surface area contributed by atoms with Crippen molar-refractivity contribution in [3.8, 4) is 0 Å². The molecule has 0 radical (unpaired) electrons. The lowest BCUT2D eigenvalue weighted by Crippen LogP contribution is -2.10. The summed E-state index contributed by atoms with van der Waals surface area (Å²) in [6, 6.07) is 14.7. The van der Waals surface area contributed by atoms with Gasteiger partial charge in [-0.15, -0.1) is 0 Å². The van der Waals surface area contributed by atoms with Gasteiger partial charge in [0.05, 0.1) is 11.0 Å². The van der Waals surface area contributed by atoms with E-state index in [2.05, 4.69) is 9.97 Å². The lowest BCUT2D eigenvalue weighted by molar-refractivity contribution is 0.496. The Morgan fingerprint density at radius 1 is 1.00 bits per heavy atom. The number of imidazole rings is 1. The summed E-state index contributed by atoms with van der Waals surface area (Å²) < 4.78 is 31.4. The molecule has 6 nitrogen and oxygen atoms in total. The molecule has 4 aromatic rings. The van der Waals surface area contributed by atoms with Gasteiger partial charge in [-0.1, -0.05) is 24.3 Å². The van der Waals surface area contributed by atoms with Crippen LogP contribution in [0.1, 0.15) is 5.89 Å². The first-order valence-corrected chi connectivity index (χ1v) is 8.91. The van der Waals surface area contributed by atoms with Gasteiger partial charge in [0.2, 0.25) is 20.9 Å². The van der Waals surface area contributed by atoms with Gasteiger partial charge in [-0.25, -0.2) is 18.4 Å². The van der Waals surface area contributed by atoms with Crippen LogP contribution in [-0.2, 0) is 16.4 Å². The Morgan fingerprint density at radius 3 is 2.43 bits per heavy atom. The molecule has 0 unspecified atom stereocenters. The number of hydrogen-bond donors (Lipinski definition) is 0. The zero-order chi connectivity index (χ0) is 16.0. The van der Waals surface area contributed by atoms with Gasteiger partial charge in [0.15, 0.2) is 5.58 Å². The first-order valence-electron chi connectivity index (χ1n) is 7.02. The minimum Gasteiger partial charge on any atom is -0.439 e. The number of hydrogen-bond acceptors (Lipinski definition) is 5. The van der Waals surface area contributed by atoms with Crippen LogP contribution >= 0.6 is 0 Å². The summed E-state index contributed by atoms with van der Waals surface area (Å²) in [5.74, 6) is 0.444. The maximum absolute atomic E-state index is 12.1. The molecule has 0 bridgehead atoms. The van der Waals surface area contributed by atoms with Crippen LogP contribution in [0.25, 0.3) is 22.1 Å². The fourth-order valence-electron chi connectivity index (χ4n) is 2.61. The molecule has 0 fully saturated rings. The highest BCUT2D eigenvalue weighted by Crippen LogP contribution is 2.22. The largest absolute Gasteiger partial charge is 0.439 e. The normalized spacial score (nSPS) is 12.2. The van der Waals surface area contributed by atoms with E-state index < -0.39 is 9.84 Å². The van der Waals surface area contributed by atoms with Gasteiger partial charge < -0.3 is 8.98 Å². The van der Waals surface area contributed by atoms with Crippen LogP contribution in [0.5, 0.6) is 0 Å². The van der Waals surface area contributed by atoms with Crippen LogP contribution in [0.3, 0.4) is 0 Å². The molecule has 0 spiro atoms. The zero-order valence-corrected chi connectivity index (χ0v) is 13.1. The number of sulfone groups is 1. The number of fused-ring (bicyclic) bond motifs is 2.